The third-order valence-electron chi connectivity index (χ3n) is 2.42. The van der Waals surface area contributed by atoms with E-state index in [0.29, 0.717) is 5.82 Å². The number of hydrogen-bond donors (Lipinski definition) is 1. The molecule has 1 aromatic rings. The Balaban J connectivity index is 2.43. The highest BCUT2D eigenvalue weighted by Crippen LogP contribution is 2.04. The van der Waals surface area contributed by atoms with E-state index in [1.807, 2.05) is 19.1 Å². The number of pyridine rings is 1. The van der Waals surface area contributed by atoms with Gasteiger partial charge in [0.2, 0.25) is 0 Å². The quantitative estimate of drug-likeness (QED) is 0.712. The highest BCUT2D eigenvalue weighted by Gasteiger charge is 2.04. The van der Waals surface area contributed by atoms with E-state index in [1.165, 1.54) is 0 Å². The molecule has 0 radical (unpaired) electrons. The Kier molecular flexibility index (Phi) is 5.82. The number of nitrogens with zero attached hydrogens (tertiary/aromatic N) is 2. The van der Waals surface area contributed by atoms with Gasteiger partial charge in [-0.05, 0) is 25.6 Å². The number of nitrogen functional groups attached to an aromatic ring is 1. The molecule has 0 unspecified atom stereocenters. The Morgan fingerprint density at radius 1 is 1.38 bits per heavy atom. The molecule has 0 atom stereocenters. The molecule has 0 fully saturated rings. The number of aromatic nitrogens is 1. The van der Waals surface area contributed by atoms with Gasteiger partial charge >= 0.3 is 0 Å². The zero-order valence-corrected chi connectivity index (χ0v) is 10.1. The van der Waals surface area contributed by atoms with E-state index in [-0.39, 0.29) is 0 Å². The smallest absolute Gasteiger partial charge is 0.123 e. The van der Waals surface area contributed by atoms with E-state index in [2.05, 4.69) is 16.8 Å². The van der Waals surface area contributed by atoms with Crippen LogP contribution < -0.4 is 5.73 Å². The number of rotatable bonds is 7. The van der Waals surface area contributed by atoms with E-state index < -0.39 is 0 Å². The van der Waals surface area contributed by atoms with E-state index in [4.69, 9.17) is 10.5 Å². The zero-order chi connectivity index (χ0) is 11.8. The molecule has 0 aromatic carbocycles. The Hall–Kier alpha value is -1.13. The molecule has 1 rings (SSSR count). The third kappa shape index (κ3) is 4.59. The first kappa shape index (κ1) is 12.9. The van der Waals surface area contributed by atoms with Gasteiger partial charge in [-0.2, -0.15) is 0 Å². The van der Waals surface area contributed by atoms with Gasteiger partial charge in [0.15, 0.2) is 0 Å². The van der Waals surface area contributed by atoms with E-state index in [9.17, 15) is 0 Å². The lowest BCUT2D eigenvalue weighted by atomic mass is 10.3. The van der Waals surface area contributed by atoms with Gasteiger partial charge in [-0.15, -0.1) is 0 Å². The molecule has 90 valence electrons. The second-order valence-electron chi connectivity index (χ2n) is 3.62. The molecule has 4 nitrogen and oxygen atoms in total. The van der Waals surface area contributed by atoms with Gasteiger partial charge in [-0.1, -0.05) is 13.0 Å². The normalized spacial score (nSPS) is 10.9. The molecule has 16 heavy (non-hydrogen) atoms. The molecule has 2 N–H and O–H groups in total. The van der Waals surface area contributed by atoms with Gasteiger partial charge in [0.25, 0.3) is 0 Å². The van der Waals surface area contributed by atoms with Crippen LogP contribution in [0.25, 0.3) is 0 Å². The summed E-state index contributed by atoms with van der Waals surface area (Å²) in [6.45, 7) is 8.44. The van der Waals surface area contributed by atoms with Gasteiger partial charge in [0.1, 0.15) is 5.82 Å². The first-order valence-corrected chi connectivity index (χ1v) is 5.77. The summed E-state index contributed by atoms with van der Waals surface area (Å²) in [6.07, 6.45) is 0. The first-order valence-electron chi connectivity index (χ1n) is 5.77. The summed E-state index contributed by atoms with van der Waals surface area (Å²) in [5, 5.41) is 0. The minimum absolute atomic E-state index is 0.582. The van der Waals surface area contributed by atoms with Gasteiger partial charge in [-0.25, -0.2) is 4.98 Å². The lowest BCUT2D eigenvalue weighted by molar-refractivity contribution is 0.112. The number of nitrogens with two attached hydrogens (primary N) is 1. The van der Waals surface area contributed by atoms with Crippen molar-refractivity contribution in [3.63, 3.8) is 0 Å². The molecule has 1 heterocycles. The number of ether oxygens (including phenoxy) is 1. The van der Waals surface area contributed by atoms with E-state index >= 15 is 0 Å². The number of hydrogen-bond acceptors (Lipinski definition) is 4. The molecular weight excluding hydrogens is 202 g/mol. The van der Waals surface area contributed by atoms with E-state index in [1.54, 1.807) is 6.07 Å². The Morgan fingerprint density at radius 2 is 2.19 bits per heavy atom. The molecular formula is C12H21N3O. The zero-order valence-electron chi connectivity index (χ0n) is 10.1. The minimum atomic E-state index is 0.582. The average Bonchev–Trinajstić information content (AvgIpc) is 2.28. The van der Waals surface area contributed by atoms with Crippen molar-refractivity contribution in [3.8, 4) is 0 Å². The molecule has 0 saturated carbocycles. The fraction of sp³-hybridized carbons (Fsp3) is 0.583. The van der Waals surface area contributed by atoms with E-state index in [0.717, 1.165) is 38.5 Å². The maximum Gasteiger partial charge on any atom is 0.123 e. The molecule has 0 aliphatic carbocycles. The molecule has 0 aliphatic rings. The van der Waals surface area contributed by atoms with Gasteiger partial charge in [0, 0.05) is 19.7 Å². The topological polar surface area (TPSA) is 51.4 Å². The molecule has 0 spiro atoms. The monoisotopic (exact) mass is 223 g/mol. The maximum atomic E-state index is 5.64. The molecule has 0 amide bonds. The first-order chi connectivity index (χ1) is 7.76. The van der Waals surface area contributed by atoms with Crippen LogP contribution in [0.15, 0.2) is 18.2 Å². The average molecular weight is 223 g/mol. The number of anilines is 1. The lowest BCUT2D eigenvalue weighted by Crippen LogP contribution is -2.27. The Morgan fingerprint density at radius 3 is 2.81 bits per heavy atom. The summed E-state index contributed by atoms with van der Waals surface area (Å²) >= 11 is 0. The lowest BCUT2D eigenvalue weighted by Gasteiger charge is -2.19. The fourth-order valence-electron chi connectivity index (χ4n) is 1.50. The Labute approximate surface area is 97.4 Å². The SMILES string of the molecule is CCOCCN(CC)Cc1cccc(N)n1. The minimum Gasteiger partial charge on any atom is -0.384 e. The number of likely N-dealkylation sites (N-methyl/N-ethyl adjacent to an activating group) is 1. The van der Waals surface area contributed by atoms with Gasteiger partial charge in [0.05, 0.1) is 12.3 Å². The highest BCUT2D eigenvalue weighted by atomic mass is 16.5. The summed E-state index contributed by atoms with van der Waals surface area (Å²) in [6, 6.07) is 5.74. The molecule has 4 heteroatoms. The van der Waals surface area contributed by atoms with Crippen LogP contribution in [0.1, 0.15) is 19.5 Å². The highest BCUT2D eigenvalue weighted by molar-refractivity contribution is 5.28. The Bertz CT molecular complexity index is 304. The van der Waals surface area contributed by atoms with Crippen LogP contribution in [0.2, 0.25) is 0 Å². The van der Waals surface area contributed by atoms with Crippen LogP contribution >= 0.6 is 0 Å². The van der Waals surface area contributed by atoms with Crippen molar-refractivity contribution in [2.24, 2.45) is 0 Å². The van der Waals surface area contributed by atoms with Crippen molar-refractivity contribution in [2.45, 2.75) is 20.4 Å². The maximum absolute atomic E-state index is 5.64. The molecule has 0 aliphatic heterocycles. The predicted molar refractivity (Wildman–Crippen MR) is 66.1 cm³/mol. The molecule has 0 bridgehead atoms. The van der Waals surface area contributed by atoms with Crippen LogP contribution in [0, 0.1) is 0 Å². The van der Waals surface area contributed by atoms with Crippen molar-refractivity contribution >= 4 is 5.82 Å². The van der Waals surface area contributed by atoms with Gasteiger partial charge < -0.3 is 10.5 Å². The largest absolute Gasteiger partial charge is 0.384 e. The molecule has 0 saturated heterocycles. The van der Waals surface area contributed by atoms with Crippen LogP contribution in [-0.4, -0.2) is 36.2 Å². The third-order valence-corrected chi connectivity index (χ3v) is 2.42. The van der Waals surface area contributed by atoms with Crippen molar-refractivity contribution in [1.29, 1.82) is 0 Å². The molecule has 1 aromatic heterocycles. The summed E-state index contributed by atoms with van der Waals surface area (Å²) in [4.78, 5) is 6.57. The van der Waals surface area contributed by atoms with Crippen LogP contribution in [0.3, 0.4) is 0 Å². The summed E-state index contributed by atoms with van der Waals surface area (Å²) < 4.78 is 5.34. The summed E-state index contributed by atoms with van der Waals surface area (Å²) in [5.74, 6) is 0.582. The van der Waals surface area contributed by atoms with Crippen molar-refractivity contribution in [2.75, 3.05) is 32.0 Å². The van der Waals surface area contributed by atoms with Crippen LogP contribution in [0.4, 0.5) is 5.82 Å². The second kappa shape index (κ2) is 7.19. The van der Waals surface area contributed by atoms with Crippen LogP contribution in [0.5, 0.6) is 0 Å². The van der Waals surface area contributed by atoms with Crippen LogP contribution in [-0.2, 0) is 11.3 Å². The summed E-state index contributed by atoms with van der Waals surface area (Å²) in [7, 11) is 0. The summed E-state index contributed by atoms with van der Waals surface area (Å²) in [5.41, 5.74) is 6.66. The standard InChI is InChI=1S/C12H21N3O/c1-3-15(8-9-16-4-2)10-11-6-5-7-12(13)14-11/h5-7H,3-4,8-10H2,1-2H3,(H2,13,14). The van der Waals surface area contributed by atoms with Crippen molar-refractivity contribution in [1.82, 2.24) is 9.88 Å². The fourth-order valence-corrected chi connectivity index (χ4v) is 1.50. The van der Waals surface area contributed by atoms with Gasteiger partial charge in [-0.3, -0.25) is 4.90 Å². The predicted octanol–water partition coefficient (Wildman–Crippen LogP) is 1.52. The van der Waals surface area contributed by atoms with Crippen molar-refractivity contribution < 1.29 is 4.74 Å². The van der Waals surface area contributed by atoms with Crippen molar-refractivity contribution in [3.05, 3.63) is 23.9 Å². The second-order valence-corrected chi connectivity index (χ2v) is 3.62.